The van der Waals surface area contributed by atoms with Crippen molar-refractivity contribution in [1.29, 1.82) is 0 Å². The van der Waals surface area contributed by atoms with Gasteiger partial charge in [0.1, 0.15) is 0 Å². The van der Waals surface area contributed by atoms with Gasteiger partial charge in [-0.2, -0.15) is 0 Å². The van der Waals surface area contributed by atoms with E-state index in [1.54, 1.807) is 11.3 Å². The van der Waals surface area contributed by atoms with Crippen LogP contribution >= 0.6 is 35.3 Å². The van der Waals surface area contributed by atoms with E-state index in [9.17, 15) is 0 Å². The van der Waals surface area contributed by atoms with Crippen molar-refractivity contribution in [3.05, 3.63) is 22.4 Å². The molecule has 1 aromatic rings. The second-order valence-corrected chi connectivity index (χ2v) is 6.41. The third-order valence-electron chi connectivity index (χ3n) is 3.04. The van der Waals surface area contributed by atoms with E-state index < -0.39 is 0 Å². The third kappa shape index (κ3) is 8.79. The molecular formula is C15H28IN3S. The van der Waals surface area contributed by atoms with Gasteiger partial charge in [0, 0.05) is 18.0 Å². The van der Waals surface area contributed by atoms with Gasteiger partial charge in [0.05, 0.1) is 6.54 Å². The first-order valence-electron chi connectivity index (χ1n) is 7.11. The summed E-state index contributed by atoms with van der Waals surface area (Å²) in [4.78, 5) is 5.60. The molecule has 0 aliphatic heterocycles. The summed E-state index contributed by atoms with van der Waals surface area (Å²) in [6.07, 6.45) is 3.76. The van der Waals surface area contributed by atoms with Gasteiger partial charge in [-0.15, -0.1) is 35.3 Å². The van der Waals surface area contributed by atoms with E-state index in [2.05, 4.69) is 53.9 Å². The molecule has 0 aromatic carbocycles. The van der Waals surface area contributed by atoms with Crippen LogP contribution in [0.1, 0.15) is 44.9 Å². The first-order valence-corrected chi connectivity index (χ1v) is 7.99. The molecule has 0 fully saturated rings. The molecule has 1 unspecified atom stereocenters. The van der Waals surface area contributed by atoms with Crippen LogP contribution < -0.4 is 10.6 Å². The Morgan fingerprint density at radius 1 is 1.30 bits per heavy atom. The van der Waals surface area contributed by atoms with E-state index in [0.29, 0.717) is 6.04 Å². The molecule has 0 amide bonds. The molecule has 0 bridgehead atoms. The largest absolute Gasteiger partial charge is 0.354 e. The van der Waals surface area contributed by atoms with Gasteiger partial charge in [-0.3, -0.25) is 4.99 Å². The second-order valence-electron chi connectivity index (χ2n) is 5.38. The minimum absolute atomic E-state index is 0. The highest BCUT2D eigenvalue weighted by Crippen LogP contribution is 2.09. The Bertz CT molecular complexity index is 363. The van der Waals surface area contributed by atoms with E-state index in [0.717, 1.165) is 18.4 Å². The van der Waals surface area contributed by atoms with E-state index in [-0.39, 0.29) is 24.0 Å². The molecule has 0 aliphatic carbocycles. The zero-order valence-corrected chi connectivity index (χ0v) is 16.1. The number of hydrogen-bond donors (Lipinski definition) is 2. The molecule has 0 saturated heterocycles. The van der Waals surface area contributed by atoms with Gasteiger partial charge in [0.2, 0.25) is 0 Å². The van der Waals surface area contributed by atoms with E-state index in [1.807, 2.05) is 7.05 Å². The summed E-state index contributed by atoms with van der Waals surface area (Å²) in [5.41, 5.74) is 0. The van der Waals surface area contributed by atoms with Crippen molar-refractivity contribution >= 4 is 41.3 Å². The number of nitrogens with one attached hydrogen (secondary N) is 2. The molecule has 1 atom stereocenters. The molecule has 1 heterocycles. The SMILES string of the molecule is CN=C(NCc1cccs1)NC(C)CCCC(C)C.I. The number of thiophene rings is 1. The highest BCUT2D eigenvalue weighted by molar-refractivity contribution is 14.0. The fourth-order valence-corrected chi connectivity index (χ4v) is 2.56. The fourth-order valence-electron chi connectivity index (χ4n) is 1.92. The number of nitrogens with zero attached hydrogens (tertiary/aromatic N) is 1. The topological polar surface area (TPSA) is 36.4 Å². The van der Waals surface area contributed by atoms with Crippen LogP contribution in [0.4, 0.5) is 0 Å². The first-order chi connectivity index (χ1) is 9.11. The van der Waals surface area contributed by atoms with Crippen LogP contribution in [0.2, 0.25) is 0 Å². The van der Waals surface area contributed by atoms with Gasteiger partial charge < -0.3 is 10.6 Å². The van der Waals surface area contributed by atoms with Crippen molar-refractivity contribution in [1.82, 2.24) is 10.6 Å². The van der Waals surface area contributed by atoms with Crippen molar-refractivity contribution in [2.45, 2.75) is 52.6 Å². The van der Waals surface area contributed by atoms with Crippen LogP contribution in [-0.4, -0.2) is 19.0 Å². The highest BCUT2D eigenvalue weighted by atomic mass is 127. The lowest BCUT2D eigenvalue weighted by atomic mass is 10.0. The summed E-state index contributed by atoms with van der Waals surface area (Å²) in [5, 5.41) is 8.90. The summed E-state index contributed by atoms with van der Waals surface area (Å²) in [7, 11) is 1.82. The van der Waals surface area contributed by atoms with Crippen molar-refractivity contribution in [2.24, 2.45) is 10.9 Å². The maximum Gasteiger partial charge on any atom is 0.191 e. The lowest BCUT2D eigenvalue weighted by Crippen LogP contribution is -2.41. The number of aliphatic imine (C=N–C) groups is 1. The predicted molar refractivity (Wildman–Crippen MR) is 101 cm³/mol. The van der Waals surface area contributed by atoms with Crippen molar-refractivity contribution < 1.29 is 0 Å². The van der Waals surface area contributed by atoms with Gasteiger partial charge in [-0.25, -0.2) is 0 Å². The average Bonchev–Trinajstić information content (AvgIpc) is 2.87. The highest BCUT2D eigenvalue weighted by Gasteiger charge is 2.05. The van der Waals surface area contributed by atoms with Crippen molar-refractivity contribution in [3.63, 3.8) is 0 Å². The van der Waals surface area contributed by atoms with Crippen molar-refractivity contribution in [2.75, 3.05) is 7.05 Å². The number of halogens is 1. The van der Waals surface area contributed by atoms with E-state index in [1.165, 1.54) is 24.1 Å². The third-order valence-corrected chi connectivity index (χ3v) is 3.91. The monoisotopic (exact) mass is 409 g/mol. The molecule has 1 aromatic heterocycles. The summed E-state index contributed by atoms with van der Waals surface area (Å²) in [6.45, 7) is 7.62. The Hall–Kier alpha value is -0.300. The molecule has 2 N–H and O–H groups in total. The normalized spacial score (nSPS) is 12.9. The molecule has 0 aliphatic rings. The zero-order chi connectivity index (χ0) is 14.1. The minimum Gasteiger partial charge on any atom is -0.354 e. The van der Waals surface area contributed by atoms with Crippen LogP contribution in [0.15, 0.2) is 22.5 Å². The van der Waals surface area contributed by atoms with Crippen molar-refractivity contribution in [3.8, 4) is 0 Å². The van der Waals surface area contributed by atoms with Crippen LogP contribution in [0, 0.1) is 5.92 Å². The summed E-state index contributed by atoms with van der Waals surface area (Å²) in [6, 6.07) is 4.68. The lowest BCUT2D eigenvalue weighted by Gasteiger charge is -2.18. The number of guanidine groups is 1. The smallest absolute Gasteiger partial charge is 0.191 e. The minimum atomic E-state index is 0. The van der Waals surface area contributed by atoms with Crippen LogP contribution in [0.5, 0.6) is 0 Å². The van der Waals surface area contributed by atoms with Gasteiger partial charge in [-0.1, -0.05) is 32.8 Å². The molecule has 5 heteroatoms. The number of rotatable bonds is 7. The first kappa shape index (κ1) is 19.7. The maximum atomic E-state index is 4.27. The molecule has 1 rings (SSSR count). The quantitative estimate of drug-likeness (QED) is 0.401. The number of hydrogen-bond acceptors (Lipinski definition) is 2. The lowest BCUT2D eigenvalue weighted by molar-refractivity contribution is 0.491. The van der Waals surface area contributed by atoms with Gasteiger partial charge in [0.25, 0.3) is 0 Å². The average molecular weight is 409 g/mol. The van der Waals surface area contributed by atoms with E-state index >= 15 is 0 Å². The van der Waals surface area contributed by atoms with Gasteiger partial charge in [-0.05, 0) is 30.7 Å². The Morgan fingerprint density at radius 2 is 2.05 bits per heavy atom. The molecular weight excluding hydrogens is 381 g/mol. The zero-order valence-electron chi connectivity index (χ0n) is 13.0. The summed E-state index contributed by atoms with van der Waals surface area (Å²) in [5.74, 6) is 1.69. The van der Waals surface area contributed by atoms with Crippen LogP contribution in [-0.2, 0) is 6.54 Å². The van der Waals surface area contributed by atoms with Crippen LogP contribution in [0.3, 0.4) is 0 Å². The summed E-state index contributed by atoms with van der Waals surface area (Å²) >= 11 is 1.77. The Balaban J connectivity index is 0.00000361. The maximum absolute atomic E-state index is 4.27. The molecule has 3 nitrogen and oxygen atoms in total. The standard InChI is InChI=1S/C15H27N3S.HI/c1-12(2)7-5-8-13(3)18-15(16-4)17-11-14-9-6-10-19-14;/h6,9-10,12-13H,5,7-8,11H2,1-4H3,(H2,16,17,18);1H. The van der Waals surface area contributed by atoms with E-state index in [4.69, 9.17) is 0 Å². The molecule has 116 valence electrons. The van der Waals surface area contributed by atoms with Crippen LogP contribution in [0.25, 0.3) is 0 Å². The predicted octanol–water partition coefficient (Wildman–Crippen LogP) is 4.25. The molecule has 0 spiro atoms. The Morgan fingerprint density at radius 3 is 2.60 bits per heavy atom. The van der Waals surface area contributed by atoms with Gasteiger partial charge >= 0.3 is 0 Å². The Kier molecular flexibility index (Phi) is 11.2. The van der Waals surface area contributed by atoms with Gasteiger partial charge in [0.15, 0.2) is 5.96 Å². The summed E-state index contributed by atoms with van der Waals surface area (Å²) < 4.78 is 0. The molecule has 20 heavy (non-hydrogen) atoms. The Labute approximate surface area is 144 Å². The fraction of sp³-hybridized carbons (Fsp3) is 0.667. The molecule has 0 radical (unpaired) electrons. The molecule has 0 saturated carbocycles. The second kappa shape index (κ2) is 11.4.